The average Bonchev–Trinajstić information content (AvgIpc) is 2.20. The Morgan fingerprint density at radius 3 is 2.67 bits per heavy atom. The summed E-state index contributed by atoms with van der Waals surface area (Å²) in [5, 5.41) is 0.0336. The lowest BCUT2D eigenvalue weighted by atomic mass is 10.2. The van der Waals surface area contributed by atoms with Crippen molar-refractivity contribution in [1.82, 2.24) is 4.98 Å². The Morgan fingerprint density at radius 2 is 2.20 bits per heavy atom. The molecule has 0 saturated heterocycles. The van der Waals surface area contributed by atoms with Gasteiger partial charge in [0.05, 0.1) is 23.4 Å². The van der Waals surface area contributed by atoms with Gasteiger partial charge in [0.1, 0.15) is 5.69 Å². The lowest BCUT2D eigenvalue weighted by Crippen LogP contribution is -2.06. The van der Waals surface area contributed by atoms with Crippen LogP contribution in [0.15, 0.2) is 6.07 Å². The summed E-state index contributed by atoms with van der Waals surface area (Å²) in [7, 11) is 1.15. The SMILES string of the molecule is COC(=O)c1cc(C(F)F)nc(C)c1Cl. The van der Waals surface area contributed by atoms with Gasteiger partial charge in [-0.05, 0) is 13.0 Å². The van der Waals surface area contributed by atoms with Gasteiger partial charge in [-0.3, -0.25) is 4.98 Å². The zero-order valence-electron chi connectivity index (χ0n) is 8.05. The highest BCUT2D eigenvalue weighted by atomic mass is 35.5. The number of pyridine rings is 1. The normalized spacial score (nSPS) is 10.5. The number of hydrogen-bond donors (Lipinski definition) is 0. The van der Waals surface area contributed by atoms with Gasteiger partial charge in [0.2, 0.25) is 0 Å². The number of rotatable bonds is 2. The molecule has 1 rings (SSSR count). The molecule has 0 fully saturated rings. The Balaban J connectivity index is 3.31. The van der Waals surface area contributed by atoms with Crippen LogP contribution in [0.25, 0.3) is 0 Å². The molecule has 0 aliphatic rings. The van der Waals surface area contributed by atoms with E-state index in [-0.39, 0.29) is 16.3 Å². The molecule has 3 nitrogen and oxygen atoms in total. The van der Waals surface area contributed by atoms with Crippen molar-refractivity contribution < 1.29 is 18.3 Å². The number of aromatic nitrogens is 1. The van der Waals surface area contributed by atoms with Crippen LogP contribution in [0.4, 0.5) is 8.78 Å². The van der Waals surface area contributed by atoms with Crippen LogP contribution in [-0.2, 0) is 4.74 Å². The Labute approximate surface area is 90.0 Å². The van der Waals surface area contributed by atoms with Crippen LogP contribution in [0.1, 0.15) is 28.2 Å². The molecule has 6 heteroatoms. The van der Waals surface area contributed by atoms with Crippen molar-refractivity contribution in [3.63, 3.8) is 0 Å². The molecular formula is C9H8ClF2NO2. The second kappa shape index (κ2) is 4.53. The van der Waals surface area contributed by atoms with Gasteiger partial charge in [0, 0.05) is 0 Å². The molecule has 0 N–H and O–H groups in total. The van der Waals surface area contributed by atoms with E-state index in [0.29, 0.717) is 0 Å². The maximum atomic E-state index is 12.4. The summed E-state index contributed by atoms with van der Waals surface area (Å²) >= 11 is 5.74. The van der Waals surface area contributed by atoms with Gasteiger partial charge in [-0.1, -0.05) is 11.6 Å². The molecule has 0 unspecified atom stereocenters. The molecule has 0 spiro atoms. The average molecular weight is 236 g/mol. The van der Waals surface area contributed by atoms with Crippen LogP contribution in [0.5, 0.6) is 0 Å². The van der Waals surface area contributed by atoms with Crippen molar-refractivity contribution in [2.24, 2.45) is 0 Å². The molecule has 15 heavy (non-hydrogen) atoms. The first-order chi connectivity index (χ1) is 6.97. The number of nitrogens with zero attached hydrogens (tertiary/aromatic N) is 1. The Kier molecular flexibility index (Phi) is 3.57. The predicted octanol–water partition coefficient (Wildman–Crippen LogP) is 2.77. The van der Waals surface area contributed by atoms with Crippen molar-refractivity contribution in [2.45, 2.75) is 13.3 Å². The predicted molar refractivity (Wildman–Crippen MR) is 50.3 cm³/mol. The van der Waals surface area contributed by atoms with Crippen LogP contribution in [0.3, 0.4) is 0 Å². The summed E-state index contributed by atoms with van der Waals surface area (Å²) in [6, 6.07) is 0.936. The highest BCUT2D eigenvalue weighted by Crippen LogP contribution is 2.25. The second-order valence-corrected chi connectivity index (χ2v) is 3.16. The fourth-order valence-electron chi connectivity index (χ4n) is 1.05. The monoisotopic (exact) mass is 235 g/mol. The van der Waals surface area contributed by atoms with Crippen LogP contribution in [-0.4, -0.2) is 18.1 Å². The summed E-state index contributed by atoms with van der Waals surface area (Å²) in [6.07, 6.45) is -2.75. The fourth-order valence-corrected chi connectivity index (χ4v) is 1.23. The molecule has 1 aromatic rings. The lowest BCUT2D eigenvalue weighted by Gasteiger charge is -2.07. The largest absolute Gasteiger partial charge is 0.465 e. The first-order valence-electron chi connectivity index (χ1n) is 4.01. The minimum atomic E-state index is -2.75. The van der Waals surface area contributed by atoms with E-state index in [4.69, 9.17) is 11.6 Å². The summed E-state index contributed by atoms with van der Waals surface area (Å²) in [5.74, 6) is -0.757. The van der Waals surface area contributed by atoms with Gasteiger partial charge in [-0.15, -0.1) is 0 Å². The first kappa shape index (κ1) is 11.8. The number of carbonyl (C=O) groups is 1. The van der Waals surface area contributed by atoms with E-state index in [2.05, 4.69) is 9.72 Å². The number of halogens is 3. The molecule has 1 heterocycles. The van der Waals surface area contributed by atoms with Gasteiger partial charge in [0.25, 0.3) is 6.43 Å². The minimum absolute atomic E-state index is 0.0336. The van der Waals surface area contributed by atoms with Crippen LogP contribution < -0.4 is 0 Å². The van der Waals surface area contributed by atoms with Crippen molar-refractivity contribution >= 4 is 17.6 Å². The molecule has 0 aliphatic carbocycles. The van der Waals surface area contributed by atoms with E-state index < -0.39 is 18.1 Å². The van der Waals surface area contributed by atoms with Crippen molar-refractivity contribution in [2.75, 3.05) is 7.11 Å². The molecule has 0 radical (unpaired) electrons. The topological polar surface area (TPSA) is 39.2 Å². The van der Waals surface area contributed by atoms with Crippen molar-refractivity contribution in [1.29, 1.82) is 0 Å². The fraction of sp³-hybridized carbons (Fsp3) is 0.333. The number of carbonyl (C=O) groups excluding carboxylic acids is 1. The molecule has 0 amide bonds. The van der Waals surface area contributed by atoms with E-state index in [9.17, 15) is 13.6 Å². The van der Waals surface area contributed by atoms with E-state index in [0.717, 1.165) is 13.2 Å². The van der Waals surface area contributed by atoms with Gasteiger partial charge in [-0.25, -0.2) is 13.6 Å². The Hall–Kier alpha value is -1.23. The zero-order valence-corrected chi connectivity index (χ0v) is 8.81. The smallest absolute Gasteiger partial charge is 0.339 e. The van der Waals surface area contributed by atoms with E-state index >= 15 is 0 Å². The molecule has 0 bridgehead atoms. The lowest BCUT2D eigenvalue weighted by molar-refractivity contribution is 0.0600. The third-order valence-corrected chi connectivity index (χ3v) is 2.25. The number of methoxy groups -OCH3 is 1. The van der Waals surface area contributed by atoms with Crippen LogP contribution in [0.2, 0.25) is 5.02 Å². The van der Waals surface area contributed by atoms with Gasteiger partial charge in [-0.2, -0.15) is 0 Å². The molecule has 1 aromatic heterocycles. The van der Waals surface area contributed by atoms with Gasteiger partial charge < -0.3 is 4.74 Å². The van der Waals surface area contributed by atoms with Crippen LogP contribution >= 0.6 is 11.6 Å². The quantitative estimate of drug-likeness (QED) is 0.740. The molecule has 82 valence electrons. The summed E-state index contributed by atoms with van der Waals surface area (Å²) in [6.45, 7) is 1.45. The number of esters is 1. The highest BCUT2D eigenvalue weighted by Gasteiger charge is 2.19. The zero-order chi connectivity index (χ0) is 11.6. The molecule has 0 atom stereocenters. The number of aryl methyl sites for hydroxylation is 1. The van der Waals surface area contributed by atoms with E-state index in [1.165, 1.54) is 6.92 Å². The van der Waals surface area contributed by atoms with Crippen molar-refractivity contribution in [3.8, 4) is 0 Å². The number of ether oxygens (including phenoxy) is 1. The molecule has 0 aliphatic heterocycles. The van der Waals surface area contributed by atoms with Gasteiger partial charge >= 0.3 is 5.97 Å². The third kappa shape index (κ3) is 2.41. The van der Waals surface area contributed by atoms with Gasteiger partial charge in [0.15, 0.2) is 0 Å². The molecule has 0 aromatic carbocycles. The summed E-state index contributed by atoms with van der Waals surface area (Å²) in [4.78, 5) is 14.7. The van der Waals surface area contributed by atoms with E-state index in [1.54, 1.807) is 0 Å². The Morgan fingerprint density at radius 1 is 1.60 bits per heavy atom. The first-order valence-corrected chi connectivity index (χ1v) is 4.38. The molecular weight excluding hydrogens is 228 g/mol. The van der Waals surface area contributed by atoms with E-state index in [1.807, 2.05) is 0 Å². The maximum Gasteiger partial charge on any atom is 0.339 e. The maximum absolute atomic E-state index is 12.4. The van der Waals surface area contributed by atoms with Crippen molar-refractivity contribution in [3.05, 3.63) is 28.0 Å². The van der Waals surface area contributed by atoms with Crippen LogP contribution in [0, 0.1) is 6.92 Å². The number of alkyl halides is 2. The number of hydrogen-bond acceptors (Lipinski definition) is 3. The molecule has 0 saturated carbocycles. The third-order valence-electron chi connectivity index (χ3n) is 1.77. The standard InChI is InChI=1S/C9H8ClF2NO2/c1-4-7(10)5(9(14)15-2)3-6(13-4)8(11)12/h3,8H,1-2H3. The minimum Gasteiger partial charge on any atom is -0.465 e. The second-order valence-electron chi connectivity index (χ2n) is 2.79. The summed E-state index contributed by atoms with van der Waals surface area (Å²) in [5.41, 5.74) is -0.408. The Bertz CT molecular complexity index is 396. The highest BCUT2D eigenvalue weighted by molar-refractivity contribution is 6.34. The summed E-state index contributed by atoms with van der Waals surface area (Å²) < 4.78 is 29.1.